The third-order valence-corrected chi connectivity index (χ3v) is 17.6. The highest BCUT2D eigenvalue weighted by atomic mass is 16.8. The van der Waals surface area contributed by atoms with Gasteiger partial charge in [-0.2, -0.15) is 0 Å². The Balaban J connectivity index is 1.08. The first kappa shape index (κ1) is 52.9. The van der Waals surface area contributed by atoms with Crippen LogP contribution in [0.2, 0.25) is 0 Å². The number of esters is 1. The summed E-state index contributed by atoms with van der Waals surface area (Å²) in [5.74, 6) is -1.02. The number of rotatable bonds is 12. The summed E-state index contributed by atoms with van der Waals surface area (Å²) in [5.41, 5.74) is -5.28. The molecular weight excluding hydrogens is 912 g/mol. The molecule has 4 aliphatic heterocycles. The molecule has 24 heteroatoms. The van der Waals surface area contributed by atoms with Crippen LogP contribution < -0.4 is 0 Å². The number of carbonyl (C=O) groups is 1. The fraction of sp³-hybridized carbons (Fsp3) is 0.977. The van der Waals surface area contributed by atoms with Crippen molar-refractivity contribution in [2.24, 2.45) is 28.1 Å². The van der Waals surface area contributed by atoms with Crippen LogP contribution in [0.4, 0.5) is 0 Å². The molecule has 8 rings (SSSR count). The molecule has 1 spiro atoms. The topological polar surface area (TPSA) is 394 Å². The Morgan fingerprint density at radius 3 is 1.50 bits per heavy atom. The van der Waals surface area contributed by atoms with Gasteiger partial charge in [0.15, 0.2) is 18.9 Å². The second kappa shape index (κ2) is 19.5. The molecule has 392 valence electrons. The zero-order chi connectivity index (χ0) is 49.6. The van der Waals surface area contributed by atoms with Crippen molar-refractivity contribution >= 4 is 5.97 Å². The zero-order valence-electron chi connectivity index (χ0n) is 38.3. The molecule has 27 atom stereocenters. The van der Waals surface area contributed by atoms with E-state index in [9.17, 15) is 81.4 Å². The quantitative estimate of drug-likeness (QED) is 0.0639. The number of carbonyl (C=O) groups excluding carboxylic acids is 1. The van der Waals surface area contributed by atoms with Gasteiger partial charge in [-0.15, -0.1) is 0 Å². The molecule has 0 amide bonds. The lowest BCUT2D eigenvalue weighted by atomic mass is 9.41. The lowest BCUT2D eigenvalue weighted by Gasteiger charge is -2.64. The van der Waals surface area contributed by atoms with Crippen molar-refractivity contribution in [2.75, 3.05) is 26.4 Å². The van der Waals surface area contributed by atoms with Gasteiger partial charge in [0.1, 0.15) is 103 Å². The van der Waals surface area contributed by atoms with Gasteiger partial charge in [-0.25, -0.2) is 0 Å². The number of ether oxygens (including phenoxy) is 8. The Morgan fingerprint density at radius 1 is 0.515 bits per heavy atom. The van der Waals surface area contributed by atoms with Crippen molar-refractivity contribution in [1.29, 1.82) is 0 Å². The normalized spacial score (nSPS) is 56.1. The van der Waals surface area contributed by atoms with Crippen LogP contribution in [0.3, 0.4) is 0 Å². The van der Waals surface area contributed by atoms with Crippen LogP contribution in [-0.2, 0) is 42.7 Å². The maximum atomic E-state index is 14.3. The molecule has 2 bridgehead atoms. The average molecular weight is 985 g/mol. The lowest BCUT2D eigenvalue weighted by molar-refractivity contribution is -0.406. The third kappa shape index (κ3) is 8.57. The first-order valence-corrected chi connectivity index (χ1v) is 23.7. The first-order chi connectivity index (χ1) is 32.0. The number of aliphatic hydroxyl groups is 15. The van der Waals surface area contributed by atoms with Gasteiger partial charge in [-0.1, -0.05) is 13.3 Å². The van der Waals surface area contributed by atoms with E-state index in [1.807, 2.05) is 6.92 Å². The summed E-state index contributed by atoms with van der Waals surface area (Å²) in [7, 11) is 0. The molecule has 4 saturated heterocycles. The van der Waals surface area contributed by atoms with Gasteiger partial charge < -0.3 is 114 Å². The molecule has 4 heterocycles. The van der Waals surface area contributed by atoms with Crippen LogP contribution >= 0.6 is 0 Å². The largest absolute Gasteiger partial charge is 0.432 e. The summed E-state index contributed by atoms with van der Waals surface area (Å²) in [6.45, 7) is 2.35. The summed E-state index contributed by atoms with van der Waals surface area (Å²) in [6.07, 6.45) is -31.0. The van der Waals surface area contributed by atoms with Crippen molar-refractivity contribution < 1.29 is 119 Å². The van der Waals surface area contributed by atoms with E-state index in [1.54, 1.807) is 6.92 Å². The maximum Gasteiger partial charge on any atom is 0.314 e. The van der Waals surface area contributed by atoms with Gasteiger partial charge in [0.05, 0.1) is 37.4 Å². The van der Waals surface area contributed by atoms with Gasteiger partial charge in [0, 0.05) is 0 Å². The second-order valence-electron chi connectivity index (χ2n) is 21.5. The van der Waals surface area contributed by atoms with E-state index in [2.05, 4.69) is 6.92 Å². The summed E-state index contributed by atoms with van der Waals surface area (Å²) < 4.78 is 48.1. The molecule has 0 aromatic carbocycles. The molecule has 8 aliphatic rings. The fourth-order valence-electron chi connectivity index (χ4n) is 14.0. The first-order valence-electron chi connectivity index (χ1n) is 23.7. The molecule has 4 aliphatic carbocycles. The third-order valence-electron chi connectivity index (χ3n) is 17.6. The van der Waals surface area contributed by atoms with Crippen LogP contribution in [-0.4, -0.2) is 243 Å². The molecule has 24 nitrogen and oxygen atoms in total. The minimum absolute atomic E-state index is 0.0955. The molecule has 4 saturated carbocycles. The summed E-state index contributed by atoms with van der Waals surface area (Å²) >= 11 is 0. The van der Waals surface area contributed by atoms with E-state index < -0.39 is 183 Å². The lowest BCUT2D eigenvalue weighted by Crippen LogP contribution is -2.68. The Hall–Kier alpha value is -1.41. The molecule has 15 N–H and O–H groups in total. The van der Waals surface area contributed by atoms with Crippen molar-refractivity contribution in [3.05, 3.63) is 0 Å². The van der Waals surface area contributed by atoms with Gasteiger partial charge in [0.25, 0.3) is 0 Å². The van der Waals surface area contributed by atoms with Crippen LogP contribution in [0.15, 0.2) is 0 Å². The summed E-state index contributed by atoms with van der Waals surface area (Å²) in [5, 5.41) is 160. The standard InChI is InChI=1S/C44H72O24/c1-40-7-4-8-41(2,39(59)67-37-32(58)29(55)25(51)19(13-47)63-37)21(40)5-9-43-15-42(3,60)44(16-43,10-6-22(40)43)68-38-34(66-36-31(57)28(54)24(50)18(12-46)62-36)33(26(52)20(14-48)64-38)65-35-30(56)27(53)23(49)17(11-45)61-35/h17-38,45-58,60H,4-16H2,1-3H3. The van der Waals surface area contributed by atoms with Crippen molar-refractivity contribution in [3.8, 4) is 0 Å². The molecule has 0 aromatic heterocycles. The number of aliphatic hydroxyl groups excluding tert-OH is 14. The van der Waals surface area contributed by atoms with Crippen molar-refractivity contribution in [2.45, 2.75) is 213 Å². The number of fused-ring (bicyclic) bond motifs is 3. The van der Waals surface area contributed by atoms with Gasteiger partial charge in [0.2, 0.25) is 6.29 Å². The molecule has 8 fully saturated rings. The Morgan fingerprint density at radius 2 is 0.971 bits per heavy atom. The summed E-state index contributed by atoms with van der Waals surface area (Å²) in [4.78, 5) is 14.3. The predicted molar refractivity (Wildman–Crippen MR) is 221 cm³/mol. The van der Waals surface area contributed by atoms with E-state index >= 15 is 0 Å². The van der Waals surface area contributed by atoms with Crippen LogP contribution in [0.1, 0.15) is 78.6 Å². The molecule has 68 heavy (non-hydrogen) atoms. The monoisotopic (exact) mass is 984 g/mol. The van der Waals surface area contributed by atoms with E-state index in [0.717, 1.165) is 6.42 Å². The van der Waals surface area contributed by atoms with Gasteiger partial charge in [-0.3, -0.25) is 4.79 Å². The maximum absolute atomic E-state index is 14.3. The predicted octanol–water partition coefficient (Wildman–Crippen LogP) is -5.92. The molecular formula is C44H72O24. The van der Waals surface area contributed by atoms with Crippen LogP contribution in [0.25, 0.3) is 0 Å². The fourth-order valence-corrected chi connectivity index (χ4v) is 14.0. The van der Waals surface area contributed by atoms with E-state index in [1.165, 1.54) is 0 Å². The SMILES string of the molecule is CC1(C(=O)OC2OC(CO)C(O)C(O)C2O)CCCC2(C)C3CCC4(OC5OC(CO)C(O)C(OC6OC(CO)C(O)C(O)C6O)C5OC5OC(CO)C(O)C(O)C5O)CC3(CCC12)CC4(C)O. The Kier molecular flexibility index (Phi) is 15.1. The average Bonchev–Trinajstić information content (AvgIpc) is 3.46. The Bertz CT molecular complexity index is 1760. The van der Waals surface area contributed by atoms with Crippen molar-refractivity contribution in [3.63, 3.8) is 0 Å². The van der Waals surface area contributed by atoms with Crippen molar-refractivity contribution in [1.82, 2.24) is 0 Å². The molecule has 0 radical (unpaired) electrons. The minimum atomic E-state index is -1.99. The summed E-state index contributed by atoms with van der Waals surface area (Å²) in [6, 6.07) is 0. The number of hydrogen-bond donors (Lipinski definition) is 15. The zero-order valence-corrected chi connectivity index (χ0v) is 38.3. The minimum Gasteiger partial charge on any atom is -0.432 e. The Labute approximate surface area is 391 Å². The highest BCUT2D eigenvalue weighted by Gasteiger charge is 2.73. The van der Waals surface area contributed by atoms with Gasteiger partial charge >= 0.3 is 5.97 Å². The van der Waals surface area contributed by atoms with Crippen LogP contribution in [0.5, 0.6) is 0 Å². The smallest absolute Gasteiger partial charge is 0.314 e. The van der Waals surface area contributed by atoms with E-state index in [4.69, 9.17) is 37.9 Å². The number of hydrogen-bond acceptors (Lipinski definition) is 24. The van der Waals surface area contributed by atoms with E-state index in [0.29, 0.717) is 32.1 Å². The second-order valence-corrected chi connectivity index (χ2v) is 21.5. The molecule has 0 aromatic rings. The molecule has 27 unspecified atom stereocenters. The van der Waals surface area contributed by atoms with Gasteiger partial charge in [-0.05, 0) is 87.9 Å². The highest BCUT2D eigenvalue weighted by molar-refractivity contribution is 5.77. The van der Waals surface area contributed by atoms with Crippen LogP contribution in [0, 0.1) is 28.1 Å². The van der Waals surface area contributed by atoms with E-state index in [-0.39, 0.29) is 31.1 Å². The highest BCUT2D eigenvalue weighted by Crippen LogP contribution is 2.74.